The maximum atomic E-state index is 13.7. The number of ketones is 1. The minimum atomic E-state index is -1.65. The summed E-state index contributed by atoms with van der Waals surface area (Å²) in [6.07, 6.45) is -4.11. The predicted octanol–water partition coefficient (Wildman–Crippen LogP) is 3.08. The Morgan fingerprint density at radius 1 is 1.18 bits per heavy atom. The van der Waals surface area contributed by atoms with Gasteiger partial charge in [-0.1, -0.05) is 55.8 Å². The molecule has 2 aromatic rings. The summed E-state index contributed by atoms with van der Waals surface area (Å²) in [4.78, 5) is 25.5. The van der Waals surface area contributed by atoms with Crippen LogP contribution < -0.4 is 0 Å². The fourth-order valence-electron chi connectivity index (χ4n) is 5.99. The number of fused-ring (bicyclic) bond motifs is 1. The van der Waals surface area contributed by atoms with E-state index in [0.717, 1.165) is 15.0 Å². The summed E-state index contributed by atoms with van der Waals surface area (Å²) in [7, 11) is 0. The number of rotatable bonds is 12. The van der Waals surface area contributed by atoms with Gasteiger partial charge in [-0.2, -0.15) is 0 Å². The maximum Gasteiger partial charge on any atom is 0.303 e. The molecular formula is C33H41ClO10S. The molecule has 0 amide bonds. The van der Waals surface area contributed by atoms with Gasteiger partial charge in [0, 0.05) is 46.1 Å². The summed E-state index contributed by atoms with van der Waals surface area (Å²) in [5, 5.41) is 62.2. The van der Waals surface area contributed by atoms with Crippen LogP contribution in [-0.2, 0) is 25.5 Å². The molecule has 10 nitrogen and oxygen atoms in total. The third-order valence-electron chi connectivity index (χ3n) is 8.59. The van der Waals surface area contributed by atoms with Crippen molar-refractivity contribution in [1.82, 2.24) is 0 Å². The first-order valence-corrected chi connectivity index (χ1v) is 16.3. The van der Waals surface area contributed by atoms with Gasteiger partial charge >= 0.3 is 5.97 Å². The van der Waals surface area contributed by atoms with Crippen LogP contribution in [0.4, 0.5) is 0 Å². The van der Waals surface area contributed by atoms with Crippen molar-refractivity contribution in [3.05, 3.63) is 46.3 Å². The number of unbranched alkanes of at least 4 members (excludes halogenated alkanes) is 1. The Bertz CT molecular complexity index is 1430. The van der Waals surface area contributed by atoms with E-state index in [9.17, 15) is 35.1 Å². The van der Waals surface area contributed by atoms with Crippen molar-refractivity contribution in [3.63, 3.8) is 0 Å². The van der Waals surface area contributed by atoms with Crippen molar-refractivity contribution in [3.8, 4) is 11.8 Å². The molecule has 2 heterocycles. The van der Waals surface area contributed by atoms with E-state index in [-0.39, 0.29) is 18.6 Å². The van der Waals surface area contributed by atoms with Crippen LogP contribution in [-0.4, -0.2) is 91.9 Å². The van der Waals surface area contributed by atoms with Gasteiger partial charge in [0.2, 0.25) is 0 Å². The summed E-state index contributed by atoms with van der Waals surface area (Å²) in [5.41, 5.74) is -1.10. The molecule has 6 N–H and O–H groups in total. The first kappa shape index (κ1) is 35.5. The van der Waals surface area contributed by atoms with Crippen molar-refractivity contribution in [2.24, 2.45) is 17.3 Å². The second-order valence-electron chi connectivity index (χ2n) is 12.2. The third-order valence-corrected chi connectivity index (χ3v) is 10.4. The second kappa shape index (κ2) is 15.5. The van der Waals surface area contributed by atoms with E-state index in [2.05, 4.69) is 11.8 Å². The number of ether oxygens (including phenoxy) is 2. The maximum absolute atomic E-state index is 13.7. The standard InChI is InChI=1S/C33H41ClO10S/c1-33(2)30(42)19(9-5-3-4-6-12-25(37)38)20(31(33)44-32-29(41)28(40)27(39)22(17-35)43-32)15-13-18(36)14-16-24-26(34)21-10-7-8-11-23(21)45-24/h7-8,10-11,13,15,18-20,22,27-29,31-32,35-36,39-41H,4,6,9,12,14,16-17H2,1-2H3,(H,37,38)/t18?,19-,20-,22-,27-,28+,29-,31+,32?/m1/s1. The van der Waals surface area contributed by atoms with Crippen molar-refractivity contribution in [1.29, 1.82) is 0 Å². The fraction of sp³-hybridized carbons (Fsp3) is 0.576. The smallest absolute Gasteiger partial charge is 0.303 e. The van der Waals surface area contributed by atoms with Crippen molar-refractivity contribution in [2.45, 2.75) is 95.3 Å². The normalized spacial score (nSPS) is 30.4. The van der Waals surface area contributed by atoms with Crippen LogP contribution in [0.3, 0.4) is 0 Å². The molecule has 9 atom stereocenters. The summed E-state index contributed by atoms with van der Waals surface area (Å²) >= 11 is 8.16. The SMILES string of the molecule is CC1(C)C(=O)[C@H](CC#CCCCC(=O)O)[C@@H](C=CC(O)CCc2sc3ccccc3c2Cl)[C@@H]1OC1O[C@H](CO)[C@@H](O)[C@H](O)[C@H]1O. The lowest BCUT2D eigenvalue weighted by atomic mass is 9.86. The molecule has 1 aliphatic heterocycles. The number of aliphatic hydroxyl groups excluding tert-OH is 5. The molecule has 246 valence electrons. The molecule has 1 aromatic heterocycles. The van der Waals surface area contributed by atoms with Crippen LogP contribution in [0.2, 0.25) is 5.02 Å². The van der Waals surface area contributed by atoms with Gasteiger partial charge in [-0.25, -0.2) is 0 Å². The quantitative estimate of drug-likeness (QED) is 0.112. The van der Waals surface area contributed by atoms with Gasteiger partial charge in [0.1, 0.15) is 30.2 Å². The van der Waals surface area contributed by atoms with E-state index in [4.69, 9.17) is 26.2 Å². The molecular weight excluding hydrogens is 624 g/mol. The van der Waals surface area contributed by atoms with Crippen LogP contribution >= 0.6 is 22.9 Å². The number of aliphatic hydroxyl groups is 5. The molecule has 45 heavy (non-hydrogen) atoms. The molecule has 2 fully saturated rings. The molecule has 1 saturated carbocycles. The summed E-state index contributed by atoms with van der Waals surface area (Å²) in [6, 6.07) is 7.82. The van der Waals surface area contributed by atoms with E-state index < -0.39 is 72.7 Å². The van der Waals surface area contributed by atoms with E-state index in [0.29, 0.717) is 30.7 Å². The number of hydrogen-bond donors (Lipinski definition) is 6. The first-order chi connectivity index (χ1) is 21.4. The van der Waals surface area contributed by atoms with Gasteiger partial charge in [-0.05, 0) is 25.3 Å². The first-order valence-electron chi connectivity index (χ1n) is 15.1. The molecule has 2 aliphatic rings. The van der Waals surface area contributed by atoms with Crippen LogP contribution in [0.25, 0.3) is 10.1 Å². The molecule has 0 radical (unpaired) electrons. The number of Topliss-reactive ketones (excluding diaryl/α,β-unsaturated/α-hetero) is 1. The topological polar surface area (TPSA) is 174 Å². The van der Waals surface area contributed by atoms with Gasteiger partial charge < -0.3 is 40.1 Å². The average molecular weight is 665 g/mol. The highest BCUT2D eigenvalue weighted by molar-refractivity contribution is 7.19. The van der Waals surface area contributed by atoms with Gasteiger partial charge in [-0.15, -0.1) is 23.2 Å². The lowest BCUT2D eigenvalue weighted by molar-refractivity contribution is -0.318. The van der Waals surface area contributed by atoms with E-state index in [1.165, 1.54) is 0 Å². The zero-order chi connectivity index (χ0) is 32.9. The number of benzene rings is 1. The molecule has 0 spiro atoms. The Morgan fingerprint density at radius 3 is 2.60 bits per heavy atom. The number of aliphatic carboxylic acids is 1. The molecule has 0 bridgehead atoms. The number of hydrogen-bond acceptors (Lipinski definition) is 10. The Hall–Kier alpha value is -2.37. The molecule has 1 aromatic carbocycles. The number of carboxylic acids is 1. The van der Waals surface area contributed by atoms with Crippen LogP contribution in [0.1, 0.15) is 50.8 Å². The third kappa shape index (κ3) is 8.14. The average Bonchev–Trinajstić information content (AvgIpc) is 3.42. The molecule has 1 aliphatic carbocycles. The summed E-state index contributed by atoms with van der Waals surface area (Å²) < 4.78 is 12.8. The Kier molecular flexibility index (Phi) is 12.2. The predicted molar refractivity (Wildman–Crippen MR) is 169 cm³/mol. The van der Waals surface area contributed by atoms with Gasteiger partial charge in [0.05, 0.1) is 29.3 Å². The number of carboxylic acid groups (broad SMARTS) is 1. The highest BCUT2D eigenvalue weighted by Gasteiger charge is 2.57. The Morgan fingerprint density at radius 2 is 1.91 bits per heavy atom. The lowest BCUT2D eigenvalue weighted by Gasteiger charge is -2.42. The highest BCUT2D eigenvalue weighted by Crippen LogP contribution is 2.47. The van der Waals surface area contributed by atoms with Crippen molar-refractivity contribution >= 4 is 44.8 Å². The van der Waals surface area contributed by atoms with Crippen molar-refractivity contribution in [2.75, 3.05) is 6.61 Å². The second-order valence-corrected chi connectivity index (χ2v) is 13.7. The monoisotopic (exact) mass is 664 g/mol. The molecule has 12 heteroatoms. The van der Waals surface area contributed by atoms with Crippen molar-refractivity contribution < 1.29 is 49.7 Å². The largest absolute Gasteiger partial charge is 0.481 e. The minimum Gasteiger partial charge on any atom is -0.481 e. The zero-order valence-electron chi connectivity index (χ0n) is 25.2. The van der Waals surface area contributed by atoms with Gasteiger partial charge in [-0.3, -0.25) is 9.59 Å². The number of carbonyl (C=O) groups excluding carboxylic acids is 1. The zero-order valence-corrected chi connectivity index (χ0v) is 26.8. The summed E-state index contributed by atoms with van der Waals surface area (Å²) in [5.74, 6) is 3.61. The van der Waals surface area contributed by atoms with Crippen LogP contribution in [0.15, 0.2) is 36.4 Å². The van der Waals surface area contributed by atoms with E-state index in [1.54, 1.807) is 37.3 Å². The molecule has 2 unspecified atom stereocenters. The number of halogens is 1. The van der Waals surface area contributed by atoms with Gasteiger partial charge in [0.25, 0.3) is 0 Å². The summed E-state index contributed by atoms with van der Waals surface area (Å²) in [6.45, 7) is 2.77. The minimum absolute atomic E-state index is 0.00492. The lowest BCUT2D eigenvalue weighted by Crippen LogP contribution is -2.60. The number of aryl methyl sites for hydroxylation is 1. The molecule has 4 rings (SSSR count). The van der Waals surface area contributed by atoms with Crippen LogP contribution in [0, 0.1) is 29.1 Å². The van der Waals surface area contributed by atoms with E-state index in [1.807, 2.05) is 24.3 Å². The Balaban J connectivity index is 1.54. The van der Waals surface area contributed by atoms with Gasteiger partial charge in [0.15, 0.2) is 6.29 Å². The molecule has 1 saturated heterocycles. The Labute approximate surface area is 271 Å². The number of thiophene rings is 1. The highest BCUT2D eigenvalue weighted by atomic mass is 35.5. The van der Waals surface area contributed by atoms with Crippen LogP contribution in [0.5, 0.6) is 0 Å². The number of carbonyl (C=O) groups is 2. The van der Waals surface area contributed by atoms with E-state index >= 15 is 0 Å². The fourth-order valence-corrected chi connectivity index (χ4v) is 7.53.